The van der Waals surface area contributed by atoms with Gasteiger partial charge >= 0.3 is 0 Å². The lowest BCUT2D eigenvalue weighted by atomic mass is 9.99. The Bertz CT molecular complexity index is 568. The molecule has 1 unspecified atom stereocenters. The zero-order chi connectivity index (χ0) is 15.9. The van der Waals surface area contributed by atoms with Crippen molar-refractivity contribution in [3.63, 3.8) is 0 Å². The lowest BCUT2D eigenvalue weighted by molar-refractivity contribution is -0.133. The molecule has 0 saturated carbocycles. The second-order valence-electron chi connectivity index (χ2n) is 6.70. The van der Waals surface area contributed by atoms with Crippen LogP contribution in [0.2, 0.25) is 0 Å². The normalized spacial score (nSPS) is 22.3. The maximum absolute atomic E-state index is 11.3. The number of amides is 1. The van der Waals surface area contributed by atoms with Crippen molar-refractivity contribution in [2.24, 2.45) is 0 Å². The van der Waals surface area contributed by atoms with Gasteiger partial charge in [-0.2, -0.15) is 0 Å². The highest BCUT2D eigenvalue weighted by Crippen LogP contribution is 2.27. The molecule has 2 aliphatic heterocycles. The molecule has 2 fully saturated rings. The third kappa shape index (κ3) is 2.92. The Morgan fingerprint density at radius 1 is 1.27 bits per heavy atom. The zero-order valence-corrected chi connectivity index (χ0v) is 13.9. The molecule has 6 heteroatoms. The quantitative estimate of drug-likeness (QED) is 0.829. The number of rotatable bonds is 3. The van der Waals surface area contributed by atoms with Gasteiger partial charge in [0.1, 0.15) is 11.6 Å². The molecule has 1 aromatic heterocycles. The predicted molar refractivity (Wildman–Crippen MR) is 86.1 cm³/mol. The number of likely N-dealkylation sites (N-methyl/N-ethyl adjacent to an activating group) is 1. The van der Waals surface area contributed by atoms with Gasteiger partial charge in [-0.3, -0.25) is 4.79 Å². The molecule has 1 aromatic rings. The number of aryl methyl sites for hydroxylation is 1. The van der Waals surface area contributed by atoms with Gasteiger partial charge in [0.25, 0.3) is 0 Å². The molecule has 22 heavy (non-hydrogen) atoms. The summed E-state index contributed by atoms with van der Waals surface area (Å²) in [4.78, 5) is 27.2. The Kier molecular flexibility index (Phi) is 4.04. The van der Waals surface area contributed by atoms with E-state index in [1.165, 1.54) is 6.42 Å². The van der Waals surface area contributed by atoms with E-state index in [9.17, 15) is 4.79 Å². The van der Waals surface area contributed by atoms with Crippen molar-refractivity contribution in [3.8, 4) is 0 Å². The summed E-state index contributed by atoms with van der Waals surface area (Å²) < 4.78 is 0. The molecule has 0 spiro atoms. The fourth-order valence-electron chi connectivity index (χ4n) is 3.19. The van der Waals surface area contributed by atoms with Gasteiger partial charge < -0.3 is 14.7 Å². The lowest BCUT2D eigenvalue weighted by Crippen LogP contribution is -2.48. The van der Waals surface area contributed by atoms with Crippen LogP contribution >= 0.6 is 0 Å². The van der Waals surface area contributed by atoms with Crippen LogP contribution in [0.15, 0.2) is 6.07 Å². The van der Waals surface area contributed by atoms with E-state index in [1.807, 2.05) is 11.8 Å². The average Bonchev–Trinajstić information content (AvgIpc) is 2.85. The van der Waals surface area contributed by atoms with E-state index < -0.39 is 0 Å². The molecule has 0 aliphatic carbocycles. The largest absolute Gasteiger partial charge is 0.355 e. The Morgan fingerprint density at radius 3 is 2.59 bits per heavy atom. The summed E-state index contributed by atoms with van der Waals surface area (Å²) in [5, 5.41) is 0. The van der Waals surface area contributed by atoms with E-state index in [0.29, 0.717) is 6.04 Å². The summed E-state index contributed by atoms with van der Waals surface area (Å²) in [7, 11) is 4.27. The molecule has 3 heterocycles. The molecule has 3 rings (SSSR count). The predicted octanol–water partition coefficient (Wildman–Crippen LogP) is 0.871. The molecule has 0 N–H and O–H groups in total. The molecular formula is C16H25N5O. The van der Waals surface area contributed by atoms with Crippen molar-refractivity contribution in [3.05, 3.63) is 17.6 Å². The molecule has 120 valence electrons. The van der Waals surface area contributed by atoms with Crippen LogP contribution in [0, 0.1) is 6.92 Å². The maximum atomic E-state index is 11.3. The van der Waals surface area contributed by atoms with E-state index in [2.05, 4.69) is 34.9 Å². The minimum atomic E-state index is 0.137. The molecule has 2 saturated heterocycles. The van der Waals surface area contributed by atoms with Gasteiger partial charge in [-0.1, -0.05) is 0 Å². The molecule has 0 bridgehead atoms. The summed E-state index contributed by atoms with van der Waals surface area (Å²) in [6.07, 6.45) is 1.17. The van der Waals surface area contributed by atoms with Gasteiger partial charge in [0.05, 0.1) is 5.92 Å². The minimum Gasteiger partial charge on any atom is -0.355 e. The average molecular weight is 303 g/mol. The Balaban J connectivity index is 1.73. The van der Waals surface area contributed by atoms with Gasteiger partial charge in [-0.05, 0) is 27.4 Å². The Hall–Kier alpha value is -1.69. The molecule has 1 atom stereocenters. The van der Waals surface area contributed by atoms with E-state index in [0.717, 1.165) is 43.5 Å². The highest BCUT2D eigenvalue weighted by molar-refractivity contribution is 5.74. The standard InChI is InChI=1S/C16H25N5O/c1-11-7-15(20-6-5-14(10-20)19(3)4)18-16(17-11)13-8-21(9-13)12(2)22/h7,13-14H,5-6,8-10H2,1-4H3. The molecule has 2 aliphatic rings. The van der Waals surface area contributed by atoms with Crippen LogP contribution in [0.25, 0.3) is 0 Å². The van der Waals surface area contributed by atoms with Crippen molar-refractivity contribution in [1.82, 2.24) is 19.8 Å². The summed E-state index contributed by atoms with van der Waals surface area (Å²) in [5.41, 5.74) is 1.01. The van der Waals surface area contributed by atoms with Gasteiger partial charge in [0, 0.05) is 50.9 Å². The van der Waals surface area contributed by atoms with Gasteiger partial charge in [0.15, 0.2) is 0 Å². The maximum Gasteiger partial charge on any atom is 0.219 e. The molecule has 0 radical (unpaired) electrons. The number of carbonyl (C=O) groups excluding carboxylic acids is 1. The van der Waals surface area contributed by atoms with Gasteiger partial charge in [-0.15, -0.1) is 0 Å². The topological polar surface area (TPSA) is 52.6 Å². The number of hydrogen-bond acceptors (Lipinski definition) is 5. The first-order valence-electron chi connectivity index (χ1n) is 7.96. The fraction of sp³-hybridized carbons (Fsp3) is 0.688. The van der Waals surface area contributed by atoms with Gasteiger partial charge in [0.2, 0.25) is 5.91 Å². The third-order valence-corrected chi connectivity index (χ3v) is 4.77. The Morgan fingerprint density at radius 2 is 2.00 bits per heavy atom. The fourth-order valence-corrected chi connectivity index (χ4v) is 3.19. The van der Waals surface area contributed by atoms with Crippen LogP contribution < -0.4 is 4.90 Å². The Labute approximate surface area is 132 Å². The summed E-state index contributed by atoms with van der Waals surface area (Å²) >= 11 is 0. The SMILES string of the molecule is CC(=O)N1CC(c2nc(C)cc(N3CCC(N(C)C)C3)n2)C1. The summed E-state index contributed by atoms with van der Waals surface area (Å²) in [6.45, 7) is 7.20. The van der Waals surface area contributed by atoms with Crippen LogP contribution in [0.1, 0.15) is 30.8 Å². The van der Waals surface area contributed by atoms with Crippen LogP contribution in [0.4, 0.5) is 5.82 Å². The first-order valence-corrected chi connectivity index (χ1v) is 7.96. The summed E-state index contributed by atoms with van der Waals surface area (Å²) in [6, 6.07) is 2.67. The highest BCUT2D eigenvalue weighted by Gasteiger charge is 2.33. The lowest BCUT2D eigenvalue weighted by Gasteiger charge is -2.37. The monoisotopic (exact) mass is 303 g/mol. The smallest absolute Gasteiger partial charge is 0.219 e. The van der Waals surface area contributed by atoms with Crippen LogP contribution in [-0.2, 0) is 4.79 Å². The first-order chi connectivity index (χ1) is 10.4. The van der Waals surface area contributed by atoms with Crippen molar-refractivity contribution in [1.29, 1.82) is 0 Å². The third-order valence-electron chi connectivity index (χ3n) is 4.77. The number of aromatic nitrogens is 2. The summed E-state index contributed by atoms with van der Waals surface area (Å²) in [5.74, 6) is 2.35. The molecule has 1 amide bonds. The van der Waals surface area contributed by atoms with E-state index >= 15 is 0 Å². The zero-order valence-electron chi connectivity index (χ0n) is 13.9. The number of carbonyl (C=O) groups is 1. The highest BCUT2D eigenvalue weighted by atomic mass is 16.2. The second kappa shape index (κ2) is 5.83. The van der Waals surface area contributed by atoms with Crippen molar-refractivity contribution < 1.29 is 4.79 Å². The molecule has 0 aromatic carbocycles. The molecule has 6 nitrogen and oxygen atoms in total. The van der Waals surface area contributed by atoms with Crippen LogP contribution in [0.5, 0.6) is 0 Å². The minimum absolute atomic E-state index is 0.137. The van der Waals surface area contributed by atoms with Crippen LogP contribution in [0.3, 0.4) is 0 Å². The van der Waals surface area contributed by atoms with E-state index in [-0.39, 0.29) is 11.8 Å². The number of anilines is 1. The number of nitrogens with zero attached hydrogens (tertiary/aromatic N) is 5. The van der Waals surface area contributed by atoms with Crippen molar-refractivity contribution >= 4 is 11.7 Å². The number of hydrogen-bond donors (Lipinski definition) is 0. The first kappa shape index (κ1) is 15.2. The van der Waals surface area contributed by atoms with E-state index in [4.69, 9.17) is 4.98 Å². The van der Waals surface area contributed by atoms with Crippen molar-refractivity contribution in [2.45, 2.75) is 32.2 Å². The van der Waals surface area contributed by atoms with Crippen molar-refractivity contribution in [2.75, 3.05) is 45.2 Å². The number of likely N-dealkylation sites (tertiary alicyclic amines) is 1. The molecular weight excluding hydrogens is 278 g/mol. The van der Waals surface area contributed by atoms with Gasteiger partial charge in [-0.25, -0.2) is 9.97 Å². The van der Waals surface area contributed by atoms with E-state index in [1.54, 1.807) is 6.92 Å². The second-order valence-corrected chi connectivity index (χ2v) is 6.70. The van der Waals surface area contributed by atoms with Crippen LogP contribution in [-0.4, -0.2) is 72.0 Å².